The number of ether oxygens (including phenoxy) is 1. The molecule has 0 aliphatic carbocycles. The summed E-state index contributed by atoms with van der Waals surface area (Å²) in [6.07, 6.45) is 2.05. The van der Waals surface area contributed by atoms with Crippen LogP contribution in [0.4, 0.5) is 0 Å². The molecule has 0 N–H and O–H groups in total. The first-order valence-corrected chi connectivity index (χ1v) is 7.55. The van der Waals surface area contributed by atoms with E-state index in [2.05, 4.69) is 15.9 Å². The summed E-state index contributed by atoms with van der Waals surface area (Å²) in [5, 5.41) is 0.356. The molecule has 2 nitrogen and oxygen atoms in total. The van der Waals surface area contributed by atoms with Crippen LogP contribution in [0.5, 0.6) is 0 Å². The fourth-order valence-electron chi connectivity index (χ4n) is 1.31. The van der Waals surface area contributed by atoms with Gasteiger partial charge in [-0.3, -0.25) is 4.79 Å². The molecule has 88 valence electrons. The molecule has 0 aliphatic rings. The highest BCUT2D eigenvalue weighted by atomic mass is 79.9. The van der Waals surface area contributed by atoms with E-state index in [1.54, 1.807) is 11.8 Å². The number of carbonyl (C=O) groups excluding carboxylic acids is 1. The number of hydrogen-bond donors (Lipinski definition) is 0. The Labute approximate surface area is 109 Å². The second-order valence-electron chi connectivity index (χ2n) is 3.26. The summed E-state index contributed by atoms with van der Waals surface area (Å²) in [5.74, 6) is 1.08. The molecule has 1 rings (SSSR count). The summed E-state index contributed by atoms with van der Waals surface area (Å²) in [4.78, 5) is 11.6. The van der Waals surface area contributed by atoms with Crippen molar-refractivity contribution in [2.45, 2.75) is 6.61 Å². The van der Waals surface area contributed by atoms with E-state index in [1.807, 2.05) is 30.5 Å². The van der Waals surface area contributed by atoms with E-state index < -0.39 is 0 Å². The average Bonchev–Trinajstić information content (AvgIpc) is 2.34. The molecule has 0 saturated heterocycles. The smallest absolute Gasteiger partial charge is 0.173 e. The summed E-state index contributed by atoms with van der Waals surface area (Å²) in [7, 11) is 0. The van der Waals surface area contributed by atoms with Crippen LogP contribution in [0.2, 0.25) is 0 Å². The van der Waals surface area contributed by atoms with Crippen molar-refractivity contribution in [3.05, 3.63) is 35.4 Å². The van der Waals surface area contributed by atoms with Crippen LogP contribution in [0.15, 0.2) is 24.3 Å². The molecule has 0 fully saturated rings. The van der Waals surface area contributed by atoms with E-state index in [0.717, 1.165) is 23.5 Å². The van der Waals surface area contributed by atoms with E-state index in [-0.39, 0.29) is 5.78 Å². The molecule has 16 heavy (non-hydrogen) atoms. The van der Waals surface area contributed by atoms with E-state index in [9.17, 15) is 4.79 Å². The van der Waals surface area contributed by atoms with Crippen molar-refractivity contribution >= 4 is 33.5 Å². The van der Waals surface area contributed by atoms with Gasteiger partial charge in [0.1, 0.15) is 0 Å². The topological polar surface area (TPSA) is 26.3 Å². The lowest BCUT2D eigenvalue weighted by molar-refractivity contribution is 0.101. The molecule has 0 heterocycles. The Morgan fingerprint density at radius 1 is 1.44 bits per heavy atom. The molecule has 0 aromatic heterocycles. The Kier molecular flexibility index (Phi) is 6.76. The molecule has 0 bridgehead atoms. The van der Waals surface area contributed by atoms with Crippen LogP contribution < -0.4 is 0 Å². The molecule has 0 spiro atoms. The van der Waals surface area contributed by atoms with Gasteiger partial charge in [0.25, 0.3) is 0 Å². The first-order chi connectivity index (χ1) is 7.79. The number of thioether (sulfide) groups is 1. The van der Waals surface area contributed by atoms with Gasteiger partial charge in [0.2, 0.25) is 0 Å². The molecule has 1 aromatic rings. The highest BCUT2D eigenvalue weighted by molar-refractivity contribution is 9.09. The molecule has 0 amide bonds. The van der Waals surface area contributed by atoms with Crippen LogP contribution in [0.25, 0.3) is 0 Å². The number of Topliss-reactive ketones (excluding diaryl/α,β-unsaturated/α-hetero) is 1. The van der Waals surface area contributed by atoms with Crippen molar-refractivity contribution in [2.24, 2.45) is 0 Å². The van der Waals surface area contributed by atoms with Gasteiger partial charge >= 0.3 is 0 Å². The van der Waals surface area contributed by atoms with Crippen molar-refractivity contribution < 1.29 is 9.53 Å². The standard InChI is InChI=1S/C12H15BrO2S/c1-16-7-6-15-9-10-4-2-3-5-11(10)12(14)8-13/h2-5H,6-9H2,1H3. The zero-order chi connectivity index (χ0) is 11.8. The minimum atomic E-state index is 0.101. The average molecular weight is 303 g/mol. The zero-order valence-corrected chi connectivity index (χ0v) is 11.6. The highest BCUT2D eigenvalue weighted by Gasteiger charge is 2.08. The van der Waals surface area contributed by atoms with Gasteiger partial charge in [-0.25, -0.2) is 0 Å². The van der Waals surface area contributed by atoms with Crippen LogP contribution in [-0.2, 0) is 11.3 Å². The third-order valence-corrected chi connectivity index (χ3v) is 3.21. The third kappa shape index (κ3) is 4.28. The number of benzene rings is 1. The largest absolute Gasteiger partial charge is 0.376 e. The van der Waals surface area contributed by atoms with Gasteiger partial charge in [-0.2, -0.15) is 11.8 Å². The van der Waals surface area contributed by atoms with Crippen LogP contribution in [0, 0.1) is 0 Å². The number of hydrogen-bond acceptors (Lipinski definition) is 3. The Hall–Kier alpha value is -0.320. The Bertz CT molecular complexity index is 342. The summed E-state index contributed by atoms with van der Waals surface area (Å²) < 4.78 is 5.51. The lowest BCUT2D eigenvalue weighted by atomic mass is 10.1. The Morgan fingerprint density at radius 2 is 2.19 bits per heavy atom. The fraction of sp³-hybridized carbons (Fsp3) is 0.417. The number of rotatable bonds is 7. The van der Waals surface area contributed by atoms with Crippen LogP contribution in [0.1, 0.15) is 15.9 Å². The van der Waals surface area contributed by atoms with Crippen LogP contribution in [0.3, 0.4) is 0 Å². The van der Waals surface area contributed by atoms with E-state index in [4.69, 9.17) is 4.74 Å². The lowest BCUT2D eigenvalue weighted by Crippen LogP contribution is -2.07. The van der Waals surface area contributed by atoms with E-state index in [1.165, 1.54) is 0 Å². The summed E-state index contributed by atoms with van der Waals surface area (Å²) in [6.45, 7) is 1.23. The van der Waals surface area contributed by atoms with Gasteiger partial charge in [0, 0.05) is 11.3 Å². The SMILES string of the molecule is CSCCOCc1ccccc1C(=O)CBr. The Balaban J connectivity index is 2.60. The van der Waals surface area contributed by atoms with Crippen LogP contribution >= 0.6 is 27.7 Å². The number of alkyl halides is 1. The van der Waals surface area contributed by atoms with Gasteiger partial charge in [0.05, 0.1) is 18.5 Å². The maximum Gasteiger partial charge on any atom is 0.173 e. The van der Waals surface area contributed by atoms with Gasteiger partial charge in [0.15, 0.2) is 5.78 Å². The van der Waals surface area contributed by atoms with Crippen molar-refractivity contribution in [2.75, 3.05) is 23.9 Å². The lowest BCUT2D eigenvalue weighted by Gasteiger charge is -2.07. The van der Waals surface area contributed by atoms with Crippen LogP contribution in [-0.4, -0.2) is 29.7 Å². The first kappa shape index (κ1) is 13.7. The van der Waals surface area contributed by atoms with E-state index in [0.29, 0.717) is 11.9 Å². The molecular weight excluding hydrogens is 288 g/mol. The Morgan fingerprint density at radius 3 is 2.88 bits per heavy atom. The monoisotopic (exact) mass is 302 g/mol. The van der Waals surface area contributed by atoms with Gasteiger partial charge in [-0.15, -0.1) is 0 Å². The van der Waals surface area contributed by atoms with Gasteiger partial charge in [-0.05, 0) is 11.8 Å². The molecule has 4 heteroatoms. The highest BCUT2D eigenvalue weighted by Crippen LogP contribution is 2.12. The van der Waals surface area contributed by atoms with Crippen molar-refractivity contribution in [1.82, 2.24) is 0 Å². The second-order valence-corrected chi connectivity index (χ2v) is 4.81. The first-order valence-electron chi connectivity index (χ1n) is 5.03. The molecule has 0 atom stereocenters. The summed E-state index contributed by atoms with van der Waals surface area (Å²) in [6, 6.07) is 7.59. The summed E-state index contributed by atoms with van der Waals surface area (Å²) in [5.41, 5.74) is 1.72. The molecule has 0 aliphatic heterocycles. The zero-order valence-electron chi connectivity index (χ0n) is 9.24. The number of carbonyl (C=O) groups is 1. The van der Waals surface area contributed by atoms with E-state index >= 15 is 0 Å². The number of halogens is 1. The maximum absolute atomic E-state index is 11.6. The number of ketones is 1. The molecule has 0 saturated carbocycles. The molecular formula is C12H15BrO2S. The maximum atomic E-state index is 11.6. The van der Waals surface area contributed by atoms with Crippen molar-refractivity contribution in [3.8, 4) is 0 Å². The molecule has 0 unspecified atom stereocenters. The second kappa shape index (κ2) is 7.87. The van der Waals surface area contributed by atoms with Crippen molar-refractivity contribution in [3.63, 3.8) is 0 Å². The predicted octanol–water partition coefficient (Wildman–Crippen LogP) is 3.14. The summed E-state index contributed by atoms with van der Waals surface area (Å²) >= 11 is 4.94. The quantitative estimate of drug-likeness (QED) is 0.440. The predicted molar refractivity (Wildman–Crippen MR) is 72.6 cm³/mol. The van der Waals surface area contributed by atoms with Crippen molar-refractivity contribution in [1.29, 1.82) is 0 Å². The van der Waals surface area contributed by atoms with Gasteiger partial charge < -0.3 is 4.74 Å². The van der Waals surface area contributed by atoms with Gasteiger partial charge in [-0.1, -0.05) is 40.2 Å². The molecule has 0 radical (unpaired) electrons. The molecule has 1 aromatic carbocycles. The minimum absolute atomic E-state index is 0.101. The normalized spacial score (nSPS) is 10.4. The fourth-order valence-corrected chi connectivity index (χ4v) is 1.90. The third-order valence-electron chi connectivity index (χ3n) is 2.13. The minimum Gasteiger partial charge on any atom is -0.376 e.